The van der Waals surface area contributed by atoms with Crippen molar-refractivity contribution in [2.75, 3.05) is 0 Å². The molecule has 1 heterocycles. The SMILES string of the molecule is Oc1c(CCl)cc(I)nc1C(F)F. The van der Waals surface area contributed by atoms with E-state index in [0.717, 1.165) is 0 Å². The monoisotopic (exact) mass is 319 g/mol. The number of rotatable bonds is 2. The third-order valence-corrected chi connectivity index (χ3v) is 2.26. The molecule has 2 nitrogen and oxygen atoms in total. The molecule has 6 heteroatoms. The molecule has 0 saturated heterocycles. The highest BCUT2D eigenvalue weighted by atomic mass is 127. The Kier molecular flexibility index (Phi) is 3.66. The molecule has 0 aromatic carbocycles. The molecule has 0 saturated carbocycles. The zero-order chi connectivity index (χ0) is 10.0. The van der Waals surface area contributed by atoms with Gasteiger partial charge in [0.25, 0.3) is 6.43 Å². The first kappa shape index (κ1) is 10.9. The van der Waals surface area contributed by atoms with Gasteiger partial charge < -0.3 is 5.11 Å². The van der Waals surface area contributed by atoms with Crippen molar-refractivity contribution < 1.29 is 13.9 Å². The van der Waals surface area contributed by atoms with E-state index < -0.39 is 17.9 Å². The second kappa shape index (κ2) is 4.36. The highest BCUT2D eigenvalue weighted by molar-refractivity contribution is 14.1. The summed E-state index contributed by atoms with van der Waals surface area (Å²) in [5, 5.41) is 9.25. The Morgan fingerprint density at radius 2 is 2.23 bits per heavy atom. The molecule has 0 atom stereocenters. The van der Waals surface area contributed by atoms with E-state index in [1.165, 1.54) is 6.07 Å². The summed E-state index contributed by atoms with van der Waals surface area (Å²) >= 11 is 7.24. The summed E-state index contributed by atoms with van der Waals surface area (Å²) in [6, 6.07) is 1.47. The predicted octanol–water partition coefficient (Wildman–Crippen LogP) is 3.07. The third kappa shape index (κ3) is 2.40. The lowest BCUT2D eigenvalue weighted by Crippen LogP contribution is -1.96. The van der Waals surface area contributed by atoms with Crippen molar-refractivity contribution in [2.24, 2.45) is 0 Å². The first-order valence-electron chi connectivity index (χ1n) is 3.28. The molecule has 13 heavy (non-hydrogen) atoms. The summed E-state index contributed by atoms with van der Waals surface area (Å²) in [7, 11) is 0. The van der Waals surface area contributed by atoms with Crippen molar-refractivity contribution in [2.45, 2.75) is 12.3 Å². The van der Waals surface area contributed by atoms with Gasteiger partial charge in [-0.15, -0.1) is 11.6 Å². The molecule has 0 spiro atoms. The van der Waals surface area contributed by atoms with Crippen LogP contribution in [0.3, 0.4) is 0 Å². The minimum absolute atomic E-state index is 0.00985. The fourth-order valence-corrected chi connectivity index (χ4v) is 1.67. The number of hydrogen-bond donors (Lipinski definition) is 1. The van der Waals surface area contributed by atoms with E-state index in [9.17, 15) is 13.9 Å². The normalized spacial score (nSPS) is 10.8. The first-order valence-corrected chi connectivity index (χ1v) is 4.90. The lowest BCUT2D eigenvalue weighted by Gasteiger charge is -2.06. The standard InChI is InChI=1S/C7H5ClF2INO/c8-2-3-1-4(11)12-5(6(3)13)7(9)10/h1,7,13H,2H2. The van der Waals surface area contributed by atoms with Gasteiger partial charge in [0.05, 0.1) is 5.88 Å². The van der Waals surface area contributed by atoms with Crippen LogP contribution in [0, 0.1) is 3.70 Å². The molecule has 0 aliphatic heterocycles. The molecule has 0 aliphatic carbocycles. The molecule has 72 valence electrons. The average Bonchev–Trinajstić information content (AvgIpc) is 2.08. The van der Waals surface area contributed by atoms with Crippen molar-refractivity contribution in [3.8, 4) is 5.75 Å². The van der Waals surface area contributed by atoms with Crippen LogP contribution in [0.2, 0.25) is 0 Å². The molecule has 0 fully saturated rings. The van der Waals surface area contributed by atoms with E-state index in [2.05, 4.69) is 4.98 Å². The van der Waals surface area contributed by atoms with Crippen LogP contribution in [0.15, 0.2) is 6.07 Å². The highest BCUT2D eigenvalue weighted by Crippen LogP contribution is 2.31. The van der Waals surface area contributed by atoms with Gasteiger partial charge in [-0.1, -0.05) is 0 Å². The van der Waals surface area contributed by atoms with Crippen molar-refractivity contribution in [1.82, 2.24) is 4.98 Å². The van der Waals surface area contributed by atoms with Gasteiger partial charge in [0.1, 0.15) is 15.1 Å². The third-order valence-electron chi connectivity index (χ3n) is 1.42. The Morgan fingerprint density at radius 3 is 2.69 bits per heavy atom. The maximum absolute atomic E-state index is 12.3. The lowest BCUT2D eigenvalue weighted by molar-refractivity contribution is 0.141. The first-order chi connectivity index (χ1) is 6.06. The number of hydrogen-bond acceptors (Lipinski definition) is 2. The Morgan fingerprint density at radius 1 is 1.62 bits per heavy atom. The Labute approximate surface area is 92.1 Å². The van der Waals surface area contributed by atoms with E-state index in [1.54, 1.807) is 22.6 Å². The van der Waals surface area contributed by atoms with Crippen molar-refractivity contribution in [3.63, 3.8) is 0 Å². The highest BCUT2D eigenvalue weighted by Gasteiger charge is 2.18. The van der Waals surface area contributed by atoms with Crippen LogP contribution in [0.25, 0.3) is 0 Å². The summed E-state index contributed by atoms with van der Waals surface area (Å²) in [5.74, 6) is -0.519. The van der Waals surface area contributed by atoms with E-state index in [0.29, 0.717) is 3.70 Å². The molecule has 1 aromatic heterocycles. The van der Waals surface area contributed by atoms with Crippen molar-refractivity contribution in [1.29, 1.82) is 0 Å². The number of alkyl halides is 3. The van der Waals surface area contributed by atoms with Crippen LogP contribution in [-0.4, -0.2) is 10.1 Å². The minimum atomic E-state index is -2.78. The summed E-state index contributed by atoms with van der Waals surface area (Å²) < 4.78 is 24.9. The average molecular weight is 319 g/mol. The number of halogens is 4. The molecular formula is C7H5ClF2INO. The number of aromatic nitrogens is 1. The van der Waals surface area contributed by atoms with E-state index in [-0.39, 0.29) is 11.4 Å². The number of aromatic hydroxyl groups is 1. The second-order valence-corrected chi connectivity index (χ2v) is 3.64. The molecule has 0 amide bonds. The molecular weight excluding hydrogens is 314 g/mol. The van der Waals surface area contributed by atoms with Crippen LogP contribution in [0.5, 0.6) is 5.75 Å². The molecule has 1 N–H and O–H groups in total. The van der Waals surface area contributed by atoms with E-state index >= 15 is 0 Å². The Balaban J connectivity index is 3.27. The predicted molar refractivity (Wildman–Crippen MR) is 53.1 cm³/mol. The van der Waals surface area contributed by atoms with Gasteiger partial charge in [0.15, 0.2) is 0 Å². The van der Waals surface area contributed by atoms with Gasteiger partial charge in [0, 0.05) is 5.56 Å². The van der Waals surface area contributed by atoms with Gasteiger partial charge in [-0.3, -0.25) is 0 Å². The molecule has 1 rings (SSSR count). The summed E-state index contributed by atoms with van der Waals surface area (Å²) in [6.45, 7) is 0. The minimum Gasteiger partial charge on any atom is -0.505 e. The van der Waals surface area contributed by atoms with Gasteiger partial charge in [-0.25, -0.2) is 13.8 Å². The molecule has 0 radical (unpaired) electrons. The summed E-state index contributed by atoms with van der Waals surface area (Å²) in [5.41, 5.74) is -0.334. The van der Waals surface area contributed by atoms with Crippen molar-refractivity contribution in [3.05, 3.63) is 21.0 Å². The molecule has 0 unspecified atom stereocenters. The van der Waals surface area contributed by atoms with Crippen LogP contribution >= 0.6 is 34.2 Å². The lowest BCUT2D eigenvalue weighted by atomic mass is 10.2. The fraction of sp³-hybridized carbons (Fsp3) is 0.286. The fourth-order valence-electron chi connectivity index (χ4n) is 0.831. The van der Waals surface area contributed by atoms with E-state index in [4.69, 9.17) is 11.6 Å². The Hall–Kier alpha value is -0.170. The van der Waals surface area contributed by atoms with Gasteiger partial charge >= 0.3 is 0 Å². The maximum atomic E-state index is 12.3. The maximum Gasteiger partial charge on any atom is 0.284 e. The zero-order valence-electron chi connectivity index (χ0n) is 6.27. The quantitative estimate of drug-likeness (QED) is 0.516. The van der Waals surface area contributed by atoms with Crippen LogP contribution in [-0.2, 0) is 5.88 Å². The summed E-state index contributed by atoms with van der Waals surface area (Å²) in [6.07, 6.45) is -2.78. The van der Waals surface area contributed by atoms with Gasteiger partial charge in [0.2, 0.25) is 0 Å². The molecule has 0 bridgehead atoms. The smallest absolute Gasteiger partial charge is 0.284 e. The van der Waals surface area contributed by atoms with Gasteiger partial charge in [-0.05, 0) is 28.7 Å². The zero-order valence-corrected chi connectivity index (χ0v) is 9.18. The Bertz CT molecular complexity index is 322. The van der Waals surface area contributed by atoms with Crippen LogP contribution < -0.4 is 0 Å². The van der Waals surface area contributed by atoms with Crippen molar-refractivity contribution >= 4 is 34.2 Å². The number of pyridine rings is 1. The number of nitrogens with zero attached hydrogens (tertiary/aromatic N) is 1. The van der Waals surface area contributed by atoms with Crippen LogP contribution in [0.4, 0.5) is 8.78 Å². The van der Waals surface area contributed by atoms with Gasteiger partial charge in [-0.2, -0.15) is 0 Å². The van der Waals surface area contributed by atoms with E-state index in [1.807, 2.05) is 0 Å². The largest absolute Gasteiger partial charge is 0.505 e. The molecule has 0 aliphatic rings. The topological polar surface area (TPSA) is 33.1 Å². The molecule has 1 aromatic rings. The summed E-state index contributed by atoms with van der Waals surface area (Å²) in [4.78, 5) is 3.51. The van der Waals surface area contributed by atoms with Crippen LogP contribution in [0.1, 0.15) is 17.7 Å². The second-order valence-electron chi connectivity index (χ2n) is 2.27.